The van der Waals surface area contributed by atoms with Gasteiger partial charge >= 0.3 is 0 Å². The second-order valence-electron chi connectivity index (χ2n) is 7.76. The Morgan fingerprint density at radius 3 is 1.80 bits per heavy atom. The van der Waals surface area contributed by atoms with Gasteiger partial charge < -0.3 is 0 Å². The lowest BCUT2D eigenvalue weighted by Crippen LogP contribution is -2.45. The highest BCUT2D eigenvalue weighted by atomic mass is 15.3. The molecule has 0 aromatic heterocycles. The van der Waals surface area contributed by atoms with Crippen molar-refractivity contribution in [1.82, 2.24) is 4.90 Å². The van der Waals surface area contributed by atoms with E-state index < -0.39 is 0 Å². The Labute approximate surface area is 95.2 Å². The Kier molecular flexibility index (Phi) is 2.13. The van der Waals surface area contributed by atoms with E-state index in [1.165, 1.54) is 12.8 Å². The van der Waals surface area contributed by atoms with Crippen molar-refractivity contribution in [3.8, 4) is 0 Å². The first-order chi connectivity index (χ1) is 6.59. The predicted octanol–water partition coefficient (Wildman–Crippen LogP) is 3.68. The monoisotopic (exact) mass is 209 g/mol. The summed E-state index contributed by atoms with van der Waals surface area (Å²) in [5.74, 6) is 0. The zero-order valence-corrected chi connectivity index (χ0v) is 11.5. The average Bonchev–Trinajstić information content (AvgIpc) is 2.53. The summed E-state index contributed by atoms with van der Waals surface area (Å²) in [5, 5.41) is 0. The molecule has 3 atom stereocenters. The van der Waals surface area contributed by atoms with Crippen LogP contribution in [-0.2, 0) is 0 Å². The molecule has 1 heteroatoms. The fraction of sp³-hybridized carbons (Fsp3) is 1.00. The highest BCUT2D eigenvalue weighted by Crippen LogP contribution is 2.69. The number of piperidine rings is 1. The van der Waals surface area contributed by atoms with Crippen LogP contribution in [0.3, 0.4) is 0 Å². The van der Waals surface area contributed by atoms with E-state index in [-0.39, 0.29) is 0 Å². The summed E-state index contributed by atoms with van der Waals surface area (Å²) < 4.78 is 0. The van der Waals surface area contributed by atoms with E-state index in [1.807, 2.05) is 0 Å². The fourth-order valence-electron chi connectivity index (χ4n) is 4.04. The minimum Gasteiger partial charge on any atom is -0.292 e. The van der Waals surface area contributed by atoms with Gasteiger partial charge in [0.25, 0.3) is 0 Å². The first kappa shape index (κ1) is 11.4. The van der Waals surface area contributed by atoms with Gasteiger partial charge in [-0.2, -0.15) is 0 Å². The third-order valence-electron chi connectivity index (χ3n) is 4.77. The van der Waals surface area contributed by atoms with Gasteiger partial charge in [0.05, 0.1) is 0 Å². The lowest BCUT2D eigenvalue weighted by Gasteiger charge is -2.37. The van der Waals surface area contributed by atoms with Crippen molar-refractivity contribution in [2.75, 3.05) is 0 Å². The molecule has 1 saturated carbocycles. The van der Waals surface area contributed by atoms with Gasteiger partial charge in [-0.25, -0.2) is 0 Å². The van der Waals surface area contributed by atoms with Crippen molar-refractivity contribution in [1.29, 1.82) is 0 Å². The van der Waals surface area contributed by atoms with Gasteiger partial charge in [-0.1, -0.05) is 20.8 Å². The van der Waals surface area contributed by atoms with Crippen molar-refractivity contribution in [3.05, 3.63) is 0 Å². The molecule has 0 unspecified atom stereocenters. The number of hydrogen-bond acceptors (Lipinski definition) is 1. The van der Waals surface area contributed by atoms with Crippen molar-refractivity contribution >= 4 is 0 Å². The largest absolute Gasteiger partial charge is 0.292 e. The van der Waals surface area contributed by atoms with Gasteiger partial charge in [0, 0.05) is 17.6 Å². The van der Waals surface area contributed by atoms with Gasteiger partial charge in [0.2, 0.25) is 0 Å². The number of likely N-dealkylation sites (tertiary alicyclic amines) is 1. The predicted molar refractivity (Wildman–Crippen MR) is 66.0 cm³/mol. The minimum absolute atomic E-state index is 0.341. The van der Waals surface area contributed by atoms with E-state index in [1.54, 1.807) is 0 Å². The van der Waals surface area contributed by atoms with Gasteiger partial charge in [0.15, 0.2) is 0 Å². The van der Waals surface area contributed by atoms with E-state index in [0.717, 1.165) is 12.1 Å². The van der Waals surface area contributed by atoms with Gasteiger partial charge in [-0.05, 0) is 51.4 Å². The van der Waals surface area contributed by atoms with Crippen LogP contribution in [0, 0.1) is 10.8 Å². The van der Waals surface area contributed by atoms with E-state index in [4.69, 9.17) is 0 Å². The molecule has 0 spiro atoms. The van der Waals surface area contributed by atoms with Crippen LogP contribution in [0.4, 0.5) is 0 Å². The molecule has 1 aliphatic heterocycles. The summed E-state index contributed by atoms with van der Waals surface area (Å²) in [6.45, 7) is 16.8. The molecule has 0 N–H and O–H groups in total. The fourth-order valence-corrected chi connectivity index (χ4v) is 4.04. The zero-order valence-electron chi connectivity index (χ0n) is 11.5. The Bertz CT molecular complexity index is 268. The molecule has 0 bridgehead atoms. The third-order valence-corrected chi connectivity index (χ3v) is 4.77. The van der Waals surface area contributed by atoms with Crippen molar-refractivity contribution in [2.45, 2.75) is 78.9 Å². The number of fused-ring (bicyclic) bond motifs is 1. The molecular weight excluding hydrogens is 182 g/mol. The first-order valence-corrected chi connectivity index (χ1v) is 6.38. The summed E-state index contributed by atoms with van der Waals surface area (Å²) in [6.07, 6.45) is 2.83. The van der Waals surface area contributed by atoms with E-state index >= 15 is 0 Å². The first-order valence-electron chi connectivity index (χ1n) is 6.38. The minimum atomic E-state index is 0.341. The van der Waals surface area contributed by atoms with Crippen LogP contribution in [0.15, 0.2) is 0 Å². The molecule has 15 heavy (non-hydrogen) atoms. The Hall–Kier alpha value is -0.0400. The third kappa shape index (κ3) is 1.46. The summed E-state index contributed by atoms with van der Waals surface area (Å²) in [7, 11) is 0. The maximum Gasteiger partial charge on any atom is 0.0172 e. The van der Waals surface area contributed by atoms with Gasteiger partial charge in [-0.3, -0.25) is 4.90 Å². The highest BCUT2D eigenvalue weighted by Gasteiger charge is 2.69. The second-order valence-corrected chi connectivity index (χ2v) is 7.76. The lowest BCUT2D eigenvalue weighted by atomic mass is 9.75. The summed E-state index contributed by atoms with van der Waals surface area (Å²) in [4.78, 5) is 2.76. The maximum absolute atomic E-state index is 2.76. The molecule has 1 nitrogen and oxygen atoms in total. The number of hydrogen-bond donors (Lipinski definition) is 0. The van der Waals surface area contributed by atoms with Gasteiger partial charge in [-0.15, -0.1) is 0 Å². The summed E-state index contributed by atoms with van der Waals surface area (Å²) in [5.41, 5.74) is 1.44. The maximum atomic E-state index is 2.76. The van der Waals surface area contributed by atoms with Gasteiger partial charge in [0.1, 0.15) is 0 Å². The SMILES string of the molecule is C[C@@H]1C[C@@]2(C(C)(C)C)C[C@H]2N1C(C)(C)C. The van der Waals surface area contributed by atoms with Crippen LogP contribution in [0.2, 0.25) is 0 Å². The standard InChI is InChI=1S/C14H27N/c1-10-8-14(12(2,3)4)9-11(14)15(10)13(5,6)7/h10-11H,8-9H2,1-7H3/t10-,11-,14-/m1/s1. The second kappa shape index (κ2) is 2.80. The van der Waals surface area contributed by atoms with Crippen molar-refractivity contribution in [3.63, 3.8) is 0 Å². The normalized spacial score (nSPS) is 41.8. The quantitative estimate of drug-likeness (QED) is 0.588. The van der Waals surface area contributed by atoms with Crippen LogP contribution in [0.25, 0.3) is 0 Å². The lowest BCUT2D eigenvalue weighted by molar-refractivity contribution is 0.104. The molecule has 2 aliphatic rings. The molecule has 0 amide bonds. The van der Waals surface area contributed by atoms with Crippen LogP contribution >= 0.6 is 0 Å². The van der Waals surface area contributed by atoms with Crippen LogP contribution < -0.4 is 0 Å². The molecular formula is C14H27N. The topological polar surface area (TPSA) is 3.24 Å². The molecule has 2 fully saturated rings. The van der Waals surface area contributed by atoms with Crippen LogP contribution in [0.5, 0.6) is 0 Å². The molecule has 1 saturated heterocycles. The van der Waals surface area contributed by atoms with Crippen molar-refractivity contribution < 1.29 is 0 Å². The highest BCUT2D eigenvalue weighted by molar-refractivity contribution is 5.22. The molecule has 1 heterocycles. The smallest absolute Gasteiger partial charge is 0.0172 e. The van der Waals surface area contributed by atoms with E-state index in [9.17, 15) is 0 Å². The van der Waals surface area contributed by atoms with E-state index in [2.05, 4.69) is 53.4 Å². The number of rotatable bonds is 0. The molecule has 0 aromatic carbocycles. The molecule has 0 radical (unpaired) electrons. The summed E-state index contributed by atoms with van der Waals surface area (Å²) >= 11 is 0. The Balaban J connectivity index is 2.24. The van der Waals surface area contributed by atoms with Crippen molar-refractivity contribution in [2.24, 2.45) is 10.8 Å². The molecule has 88 valence electrons. The zero-order chi connectivity index (χ0) is 11.6. The van der Waals surface area contributed by atoms with Crippen LogP contribution in [0.1, 0.15) is 61.3 Å². The summed E-state index contributed by atoms with van der Waals surface area (Å²) in [6, 6.07) is 1.62. The molecule has 1 aliphatic carbocycles. The average molecular weight is 209 g/mol. The Morgan fingerprint density at radius 2 is 1.53 bits per heavy atom. The Morgan fingerprint density at radius 1 is 1.00 bits per heavy atom. The number of nitrogens with zero attached hydrogens (tertiary/aromatic N) is 1. The molecule has 2 rings (SSSR count). The van der Waals surface area contributed by atoms with E-state index in [0.29, 0.717) is 16.4 Å². The molecule has 0 aromatic rings. The van der Waals surface area contributed by atoms with Crippen LogP contribution in [-0.4, -0.2) is 22.5 Å².